The molecule has 0 saturated carbocycles. The van der Waals surface area contributed by atoms with Gasteiger partial charge in [-0.05, 0) is 25.1 Å². The van der Waals surface area contributed by atoms with Gasteiger partial charge < -0.3 is 15.6 Å². The van der Waals surface area contributed by atoms with Crippen LogP contribution in [0.1, 0.15) is 16.9 Å². The predicted molar refractivity (Wildman–Crippen MR) is 81.4 cm³/mol. The number of aromatic nitrogens is 1. The van der Waals surface area contributed by atoms with Crippen LogP contribution in [-0.2, 0) is 0 Å². The van der Waals surface area contributed by atoms with Crippen LogP contribution in [0.15, 0.2) is 12.1 Å². The summed E-state index contributed by atoms with van der Waals surface area (Å²) >= 11 is 5.94. The molecule has 3 rings (SSSR count). The number of rotatable bonds is 2. The first-order valence-corrected chi connectivity index (χ1v) is 7.29. The summed E-state index contributed by atoms with van der Waals surface area (Å²) in [5.41, 5.74) is 0.645. The van der Waals surface area contributed by atoms with Crippen LogP contribution < -0.4 is 15.9 Å². The van der Waals surface area contributed by atoms with Gasteiger partial charge in [0.25, 0.3) is 5.91 Å². The Bertz CT molecular complexity index is 682. The van der Waals surface area contributed by atoms with E-state index < -0.39 is 5.82 Å². The van der Waals surface area contributed by atoms with E-state index >= 15 is 0 Å². The van der Waals surface area contributed by atoms with Crippen LogP contribution >= 0.6 is 20.8 Å². The Kier molecular flexibility index (Phi) is 3.67. The number of nitrogens with one attached hydrogen (secondary N) is 3. The molecule has 4 nitrogen and oxygen atoms in total. The molecule has 1 saturated heterocycles. The van der Waals surface area contributed by atoms with Gasteiger partial charge in [-0.15, -0.1) is 9.24 Å². The van der Waals surface area contributed by atoms with Crippen LogP contribution in [0.5, 0.6) is 0 Å². The number of carbonyl (C=O) groups is 1. The van der Waals surface area contributed by atoms with E-state index in [4.69, 9.17) is 11.6 Å². The number of hydrogen-bond acceptors (Lipinski definition) is 2. The van der Waals surface area contributed by atoms with Crippen molar-refractivity contribution in [2.24, 2.45) is 0 Å². The number of halogens is 2. The quantitative estimate of drug-likeness (QED) is 0.737. The normalized spacial score (nSPS) is 18.6. The van der Waals surface area contributed by atoms with Crippen LogP contribution in [0.25, 0.3) is 10.9 Å². The third-order valence-electron chi connectivity index (χ3n) is 3.48. The molecule has 106 valence electrons. The second-order valence-electron chi connectivity index (χ2n) is 4.90. The highest BCUT2D eigenvalue weighted by Crippen LogP contribution is 2.23. The topological polar surface area (TPSA) is 56.9 Å². The lowest BCUT2D eigenvalue weighted by Crippen LogP contribution is -2.36. The monoisotopic (exact) mass is 313 g/mol. The number of H-pyrrole nitrogens is 1. The first-order valence-electron chi connectivity index (χ1n) is 6.34. The molecule has 1 amide bonds. The molecule has 1 aliphatic rings. The average molecular weight is 314 g/mol. The molecule has 1 unspecified atom stereocenters. The third-order valence-corrected chi connectivity index (χ3v) is 4.54. The Balaban J connectivity index is 1.92. The number of fused-ring (bicyclic) bond motifs is 1. The van der Waals surface area contributed by atoms with Crippen LogP contribution in [0.4, 0.5) is 4.39 Å². The maximum absolute atomic E-state index is 14.1. The molecule has 0 radical (unpaired) electrons. The molecule has 20 heavy (non-hydrogen) atoms. The molecular weight excluding hydrogens is 300 g/mol. The molecular formula is C13H14ClFN3OP. The highest BCUT2D eigenvalue weighted by Gasteiger charge is 2.20. The second kappa shape index (κ2) is 5.32. The van der Waals surface area contributed by atoms with E-state index in [0.717, 1.165) is 19.5 Å². The number of amides is 1. The summed E-state index contributed by atoms with van der Waals surface area (Å²) in [6.07, 6.45) is 0.905. The first-order chi connectivity index (χ1) is 9.56. The Labute approximate surface area is 122 Å². The van der Waals surface area contributed by atoms with E-state index in [9.17, 15) is 9.18 Å². The predicted octanol–water partition coefficient (Wildman–Crippen LogP) is 1.55. The van der Waals surface area contributed by atoms with E-state index in [2.05, 4.69) is 24.9 Å². The van der Waals surface area contributed by atoms with Gasteiger partial charge in [-0.25, -0.2) is 4.39 Å². The maximum atomic E-state index is 14.1. The zero-order valence-corrected chi connectivity index (χ0v) is 12.5. The molecule has 3 N–H and O–H groups in total. The minimum absolute atomic E-state index is 0.125. The fourth-order valence-corrected chi connectivity index (χ4v) is 2.81. The Hall–Kier alpha value is -1.16. The van der Waals surface area contributed by atoms with Gasteiger partial charge in [0, 0.05) is 23.3 Å². The molecule has 2 atom stereocenters. The van der Waals surface area contributed by atoms with E-state index in [-0.39, 0.29) is 11.9 Å². The van der Waals surface area contributed by atoms with Gasteiger partial charge in [-0.1, -0.05) is 11.6 Å². The van der Waals surface area contributed by atoms with Gasteiger partial charge in [0.15, 0.2) is 5.82 Å². The fraction of sp³-hybridized carbons (Fsp3) is 0.308. The van der Waals surface area contributed by atoms with Crippen molar-refractivity contribution >= 4 is 43.0 Å². The lowest BCUT2D eigenvalue weighted by Gasteiger charge is -2.09. The van der Waals surface area contributed by atoms with Crippen molar-refractivity contribution in [3.63, 3.8) is 0 Å². The molecule has 0 spiro atoms. The fourth-order valence-electron chi connectivity index (χ4n) is 2.38. The smallest absolute Gasteiger partial charge is 0.267 e. The molecule has 2 aromatic rings. The molecule has 1 aromatic carbocycles. The highest BCUT2D eigenvalue weighted by molar-refractivity contribution is 7.28. The zero-order chi connectivity index (χ0) is 14.3. The Morgan fingerprint density at radius 3 is 3.00 bits per heavy atom. The highest BCUT2D eigenvalue weighted by atomic mass is 35.5. The van der Waals surface area contributed by atoms with Crippen LogP contribution in [-0.4, -0.2) is 30.0 Å². The van der Waals surface area contributed by atoms with Crippen molar-refractivity contribution in [2.45, 2.75) is 12.5 Å². The summed E-state index contributed by atoms with van der Waals surface area (Å²) in [5, 5.41) is 7.30. The van der Waals surface area contributed by atoms with Gasteiger partial charge in [-0.3, -0.25) is 4.79 Å². The van der Waals surface area contributed by atoms with Crippen molar-refractivity contribution in [2.75, 3.05) is 13.1 Å². The molecule has 7 heteroatoms. The lowest BCUT2D eigenvalue weighted by molar-refractivity contribution is 0.0936. The number of benzene rings is 1. The third kappa shape index (κ3) is 2.41. The van der Waals surface area contributed by atoms with Gasteiger partial charge in [0.05, 0.1) is 10.5 Å². The van der Waals surface area contributed by atoms with Crippen molar-refractivity contribution in [1.82, 2.24) is 15.6 Å². The van der Waals surface area contributed by atoms with Gasteiger partial charge in [0.2, 0.25) is 0 Å². The molecule has 0 bridgehead atoms. The van der Waals surface area contributed by atoms with E-state index in [1.807, 2.05) is 0 Å². The summed E-state index contributed by atoms with van der Waals surface area (Å²) in [6, 6.07) is 3.39. The maximum Gasteiger partial charge on any atom is 0.267 e. The number of carbonyl (C=O) groups excluding carboxylic acids is 1. The van der Waals surface area contributed by atoms with Crippen molar-refractivity contribution < 1.29 is 9.18 Å². The zero-order valence-electron chi connectivity index (χ0n) is 10.6. The minimum Gasteiger partial charge on any atom is -0.348 e. The van der Waals surface area contributed by atoms with Crippen molar-refractivity contribution in [3.05, 3.63) is 28.7 Å². The van der Waals surface area contributed by atoms with Crippen molar-refractivity contribution in [3.8, 4) is 0 Å². The summed E-state index contributed by atoms with van der Waals surface area (Å²) in [5.74, 6) is -0.671. The van der Waals surface area contributed by atoms with Gasteiger partial charge in [0.1, 0.15) is 5.69 Å². The Morgan fingerprint density at radius 2 is 2.30 bits per heavy atom. The lowest BCUT2D eigenvalue weighted by atomic mass is 10.2. The summed E-state index contributed by atoms with van der Waals surface area (Å²) in [6.45, 7) is 1.67. The minimum atomic E-state index is -0.445. The van der Waals surface area contributed by atoms with Crippen LogP contribution in [0.2, 0.25) is 5.02 Å². The Morgan fingerprint density at radius 1 is 1.50 bits per heavy atom. The first kappa shape index (κ1) is 13.8. The van der Waals surface area contributed by atoms with Gasteiger partial charge >= 0.3 is 0 Å². The van der Waals surface area contributed by atoms with E-state index in [1.54, 1.807) is 12.1 Å². The van der Waals surface area contributed by atoms with Crippen LogP contribution in [0.3, 0.4) is 0 Å². The second-order valence-corrected chi connectivity index (χ2v) is 5.88. The standard InChI is InChI=1S/C13H14ClFN3OP/c14-8-3-6-4-9(18-11(6)10(15)12(8)20)13(19)17-7-1-2-16-5-7/h3-4,7,16,18H,1-2,5,20H2,(H,17,19)/t7-/m0/s1. The van der Waals surface area contributed by atoms with Crippen molar-refractivity contribution in [1.29, 1.82) is 0 Å². The van der Waals surface area contributed by atoms with E-state index in [0.29, 0.717) is 26.9 Å². The van der Waals surface area contributed by atoms with Gasteiger partial charge in [-0.2, -0.15) is 0 Å². The largest absolute Gasteiger partial charge is 0.348 e. The average Bonchev–Trinajstić information content (AvgIpc) is 3.05. The number of hydrogen-bond donors (Lipinski definition) is 3. The van der Waals surface area contributed by atoms with E-state index in [1.165, 1.54) is 0 Å². The number of aromatic amines is 1. The summed E-state index contributed by atoms with van der Waals surface area (Å²) in [7, 11) is 2.27. The SMILES string of the molecule is O=C(N[C@H]1CCNC1)c1cc2cc(Cl)c(P)c(F)c2[nH]1. The van der Waals surface area contributed by atoms with Crippen LogP contribution in [0, 0.1) is 5.82 Å². The molecule has 1 aromatic heterocycles. The molecule has 2 heterocycles. The molecule has 1 fully saturated rings. The molecule has 1 aliphatic heterocycles. The summed E-state index contributed by atoms with van der Waals surface area (Å²) < 4.78 is 14.1. The molecule has 0 aliphatic carbocycles. The summed E-state index contributed by atoms with van der Waals surface area (Å²) in [4.78, 5) is 14.9.